The first-order valence-electron chi connectivity index (χ1n) is 8.69. The van der Waals surface area contributed by atoms with Gasteiger partial charge in [-0.15, -0.1) is 0 Å². The molecule has 0 aliphatic carbocycles. The quantitative estimate of drug-likeness (QED) is 0.503. The van der Waals surface area contributed by atoms with Crippen molar-refractivity contribution >= 4 is 34.2 Å². The summed E-state index contributed by atoms with van der Waals surface area (Å²) in [4.78, 5) is 12.4. The van der Waals surface area contributed by atoms with Gasteiger partial charge in [-0.05, 0) is 41.8 Å². The predicted molar refractivity (Wildman–Crippen MR) is 110 cm³/mol. The number of rotatable bonds is 4. The molecule has 1 aromatic heterocycles. The summed E-state index contributed by atoms with van der Waals surface area (Å²) in [6.07, 6.45) is 0.304. The van der Waals surface area contributed by atoms with Crippen molar-refractivity contribution in [2.75, 3.05) is 5.32 Å². The van der Waals surface area contributed by atoms with E-state index >= 15 is 0 Å². The molecule has 0 spiro atoms. The average Bonchev–Trinajstić information content (AvgIpc) is 3.04. The summed E-state index contributed by atoms with van der Waals surface area (Å²) >= 11 is 6.38. The van der Waals surface area contributed by atoms with Gasteiger partial charge in [0.2, 0.25) is 5.91 Å². The largest absolute Gasteiger partial charge is 0.308 e. The SMILES string of the molecule is Cc1cc2[nH]nc(NC(=O)Cc3ccccc3)c2cc1-c1ccccc1Cl. The van der Waals surface area contributed by atoms with Gasteiger partial charge in [-0.25, -0.2) is 0 Å². The smallest absolute Gasteiger partial charge is 0.230 e. The van der Waals surface area contributed by atoms with E-state index in [1.807, 2.05) is 73.7 Å². The molecule has 4 aromatic rings. The predicted octanol–water partition coefficient (Wildman–Crippen LogP) is 5.37. The lowest BCUT2D eigenvalue weighted by molar-refractivity contribution is -0.115. The summed E-state index contributed by atoms with van der Waals surface area (Å²) < 4.78 is 0. The van der Waals surface area contributed by atoms with Crippen LogP contribution in [0.4, 0.5) is 5.82 Å². The zero-order valence-corrected chi connectivity index (χ0v) is 15.5. The highest BCUT2D eigenvalue weighted by atomic mass is 35.5. The minimum absolute atomic E-state index is 0.102. The first-order valence-corrected chi connectivity index (χ1v) is 9.07. The molecule has 0 fully saturated rings. The lowest BCUT2D eigenvalue weighted by Crippen LogP contribution is -2.14. The van der Waals surface area contributed by atoms with Gasteiger partial charge in [0.1, 0.15) is 0 Å². The van der Waals surface area contributed by atoms with Gasteiger partial charge >= 0.3 is 0 Å². The van der Waals surface area contributed by atoms with Crippen LogP contribution >= 0.6 is 11.6 Å². The Labute approximate surface area is 162 Å². The number of nitrogens with zero attached hydrogens (tertiary/aromatic N) is 1. The molecular weight excluding hydrogens is 358 g/mol. The number of carbonyl (C=O) groups excluding carboxylic acids is 1. The number of amides is 1. The van der Waals surface area contributed by atoms with Crippen LogP contribution in [-0.4, -0.2) is 16.1 Å². The number of benzene rings is 3. The second-order valence-electron chi connectivity index (χ2n) is 6.48. The van der Waals surface area contributed by atoms with Crippen LogP contribution in [0.3, 0.4) is 0 Å². The molecule has 0 atom stereocenters. The van der Waals surface area contributed by atoms with E-state index in [9.17, 15) is 4.79 Å². The monoisotopic (exact) mass is 375 g/mol. The third-order valence-electron chi connectivity index (χ3n) is 4.54. The summed E-state index contributed by atoms with van der Waals surface area (Å²) in [6.45, 7) is 2.03. The van der Waals surface area contributed by atoms with Crippen molar-refractivity contribution in [3.8, 4) is 11.1 Å². The first-order chi connectivity index (χ1) is 13.1. The molecule has 0 saturated carbocycles. The molecule has 0 radical (unpaired) electrons. The minimum Gasteiger partial charge on any atom is -0.308 e. The number of H-pyrrole nitrogens is 1. The van der Waals surface area contributed by atoms with Gasteiger partial charge in [0.25, 0.3) is 0 Å². The number of hydrogen-bond acceptors (Lipinski definition) is 2. The molecule has 4 rings (SSSR count). The summed E-state index contributed by atoms with van der Waals surface area (Å²) in [7, 11) is 0. The fourth-order valence-electron chi connectivity index (χ4n) is 3.20. The second kappa shape index (κ2) is 7.25. The molecule has 0 saturated heterocycles. The highest BCUT2D eigenvalue weighted by Gasteiger charge is 2.14. The first kappa shape index (κ1) is 17.3. The zero-order chi connectivity index (χ0) is 18.8. The van der Waals surface area contributed by atoms with E-state index in [1.165, 1.54) is 0 Å². The summed E-state index contributed by atoms with van der Waals surface area (Å²) in [5.41, 5.74) is 4.90. The van der Waals surface area contributed by atoms with Crippen molar-refractivity contribution in [2.45, 2.75) is 13.3 Å². The molecule has 1 amide bonds. The van der Waals surface area contributed by atoms with Crippen molar-refractivity contribution in [1.29, 1.82) is 0 Å². The average molecular weight is 376 g/mol. The molecule has 0 aliphatic rings. The number of anilines is 1. The Kier molecular flexibility index (Phi) is 4.65. The van der Waals surface area contributed by atoms with E-state index in [1.54, 1.807) is 0 Å². The third kappa shape index (κ3) is 3.57. The van der Waals surface area contributed by atoms with Gasteiger partial charge in [0, 0.05) is 16.0 Å². The van der Waals surface area contributed by atoms with Gasteiger partial charge in [-0.1, -0.05) is 60.1 Å². The molecule has 3 aromatic carbocycles. The van der Waals surface area contributed by atoms with Crippen LogP contribution < -0.4 is 5.32 Å². The molecule has 27 heavy (non-hydrogen) atoms. The van der Waals surface area contributed by atoms with Crippen molar-refractivity contribution in [3.63, 3.8) is 0 Å². The van der Waals surface area contributed by atoms with Gasteiger partial charge < -0.3 is 5.32 Å². The van der Waals surface area contributed by atoms with E-state index in [0.29, 0.717) is 17.3 Å². The van der Waals surface area contributed by atoms with Crippen LogP contribution in [0.25, 0.3) is 22.0 Å². The fraction of sp³-hybridized carbons (Fsp3) is 0.0909. The van der Waals surface area contributed by atoms with E-state index in [0.717, 1.165) is 33.2 Å². The fourth-order valence-corrected chi connectivity index (χ4v) is 3.43. The van der Waals surface area contributed by atoms with Gasteiger partial charge in [0.15, 0.2) is 5.82 Å². The summed E-state index contributed by atoms with van der Waals surface area (Å²) in [6, 6.07) is 21.4. The molecule has 2 N–H and O–H groups in total. The van der Waals surface area contributed by atoms with Crippen LogP contribution in [0.5, 0.6) is 0 Å². The van der Waals surface area contributed by atoms with Gasteiger partial charge in [0.05, 0.1) is 11.9 Å². The maximum absolute atomic E-state index is 12.4. The number of nitrogens with one attached hydrogen (secondary N) is 2. The molecule has 4 nitrogen and oxygen atoms in total. The molecular formula is C22H18ClN3O. The van der Waals surface area contributed by atoms with E-state index in [4.69, 9.17) is 11.6 Å². The lowest BCUT2D eigenvalue weighted by atomic mass is 9.98. The molecule has 1 heterocycles. The number of fused-ring (bicyclic) bond motifs is 1. The van der Waals surface area contributed by atoms with E-state index in [-0.39, 0.29) is 5.91 Å². The van der Waals surface area contributed by atoms with E-state index < -0.39 is 0 Å². The number of hydrogen-bond donors (Lipinski definition) is 2. The van der Waals surface area contributed by atoms with E-state index in [2.05, 4.69) is 15.5 Å². The summed E-state index contributed by atoms with van der Waals surface area (Å²) in [5.74, 6) is 0.425. The minimum atomic E-state index is -0.102. The Bertz CT molecular complexity index is 1120. The van der Waals surface area contributed by atoms with Crippen LogP contribution in [0.1, 0.15) is 11.1 Å². The lowest BCUT2D eigenvalue weighted by Gasteiger charge is -2.09. The number of aromatic nitrogens is 2. The Balaban J connectivity index is 1.67. The van der Waals surface area contributed by atoms with Crippen molar-refractivity contribution in [3.05, 3.63) is 82.9 Å². The topological polar surface area (TPSA) is 57.8 Å². The maximum atomic E-state index is 12.4. The molecule has 0 bridgehead atoms. The highest BCUT2D eigenvalue weighted by molar-refractivity contribution is 6.33. The standard InChI is InChI=1S/C22H18ClN3O/c1-14-11-20-18(13-17(14)16-9-5-6-10-19(16)23)22(26-25-20)24-21(27)12-15-7-3-2-4-8-15/h2-11,13H,12H2,1H3,(H2,24,25,26,27). The van der Waals surface area contributed by atoms with Crippen molar-refractivity contribution in [1.82, 2.24) is 10.2 Å². The molecule has 134 valence electrons. The van der Waals surface area contributed by atoms with Crippen LogP contribution in [-0.2, 0) is 11.2 Å². The zero-order valence-electron chi connectivity index (χ0n) is 14.8. The molecule has 0 unspecified atom stereocenters. The van der Waals surface area contributed by atoms with Gasteiger partial charge in [-0.2, -0.15) is 5.10 Å². The number of aryl methyl sites for hydroxylation is 1. The highest BCUT2D eigenvalue weighted by Crippen LogP contribution is 2.34. The molecule has 0 aliphatic heterocycles. The van der Waals surface area contributed by atoms with Crippen LogP contribution in [0, 0.1) is 6.92 Å². The van der Waals surface area contributed by atoms with Crippen molar-refractivity contribution < 1.29 is 4.79 Å². The maximum Gasteiger partial charge on any atom is 0.230 e. The number of halogens is 1. The van der Waals surface area contributed by atoms with Gasteiger partial charge in [-0.3, -0.25) is 9.89 Å². The van der Waals surface area contributed by atoms with Crippen molar-refractivity contribution in [2.24, 2.45) is 0 Å². The Morgan fingerprint density at radius 1 is 1.04 bits per heavy atom. The Morgan fingerprint density at radius 2 is 1.78 bits per heavy atom. The number of aromatic amines is 1. The Hall–Kier alpha value is -3.11. The number of carbonyl (C=O) groups is 1. The summed E-state index contributed by atoms with van der Waals surface area (Å²) in [5, 5.41) is 11.7. The Morgan fingerprint density at radius 3 is 2.56 bits per heavy atom. The second-order valence-corrected chi connectivity index (χ2v) is 6.88. The molecule has 5 heteroatoms. The van der Waals surface area contributed by atoms with Crippen LogP contribution in [0.15, 0.2) is 66.7 Å². The van der Waals surface area contributed by atoms with Crippen LogP contribution in [0.2, 0.25) is 5.02 Å². The normalized spacial score (nSPS) is 10.9. The third-order valence-corrected chi connectivity index (χ3v) is 4.87.